The smallest absolute Gasteiger partial charge is 0.200 e. The van der Waals surface area contributed by atoms with Crippen molar-refractivity contribution in [3.8, 4) is 11.3 Å². The molecule has 0 aliphatic heterocycles. The number of aromatic nitrogens is 1. The van der Waals surface area contributed by atoms with Crippen LogP contribution in [-0.4, -0.2) is 8.07 Å². The molecule has 1 aliphatic rings. The Morgan fingerprint density at radius 2 is 1.70 bits per heavy atom. The molecule has 0 spiro atoms. The molecular weight excluding hydrogens is 342 g/mol. The van der Waals surface area contributed by atoms with Gasteiger partial charge in [-0.15, -0.1) is 0 Å². The zero-order valence-electron chi connectivity index (χ0n) is 17.7. The first-order valence-corrected chi connectivity index (χ1v) is 13.4. The molecule has 1 saturated carbocycles. The Bertz CT molecular complexity index is 1030. The van der Waals surface area contributed by atoms with Gasteiger partial charge in [0.15, 0.2) is 6.20 Å². The van der Waals surface area contributed by atoms with Crippen molar-refractivity contribution in [1.82, 2.24) is 0 Å². The summed E-state index contributed by atoms with van der Waals surface area (Å²) in [5.41, 5.74) is 7.76. The third-order valence-electron chi connectivity index (χ3n) is 7.07. The average molecular weight is 375 g/mol. The van der Waals surface area contributed by atoms with Crippen molar-refractivity contribution in [2.24, 2.45) is 7.05 Å². The van der Waals surface area contributed by atoms with Crippen LogP contribution in [0.3, 0.4) is 0 Å². The largest absolute Gasteiger partial charge is 0.220 e. The van der Waals surface area contributed by atoms with Crippen LogP contribution in [0.1, 0.15) is 36.0 Å². The fourth-order valence-corrected chi connectivity index (χ4v) is 8.12. The summed E-state index contributed by atoms with van der Waals surface area (Å²) in [6.45, 7) is 11.8. The number of hydrogen-bond acceptors (Lipinski definition) is 0. The molecular formula is C25H32NSi+. The first kappa shape index (κ1) is 18.4. The molecule has 2 heteroatoms. The van der Waals surface area contributed by atoms with E-state index in [1.165, 1.54) is 58.0 Å². The number of benzene rings is 2. The number of hydrogen-bond donors (Lipinski definition) is 0. The van der Waals surface area contributed by atoms with E-state index in [0.717, 1.165) is 5.54 Å². The van der Waals surface area contributed by atoms with E-state index in [9.17, 15) is 0 Å². The van der Waals surface area contributed by atoms with Gasteiger partial charge in [0.1, 0.15) is 7.05 Å². The fraction of sp³-hybridized carbons (Fsp3) is 0.400. The molecule has 0 radical (unpaired) electrons. The van der Waals surface area contributed by atoms with Crippen molar-refractivity contribution >= 4 is 24.0 Å². The van der Waals surface area contributed by atoms with Gasteiger partial charge in [-0.3, -0.25) is 0 Å². The van der Waals surface area contributed by atoms with Crippen LogP contribution in [0.2, 0.25) is 18.6 Å². The predicted molar refractivity (Wildman–Crippen MR) is 119 cm³/mol. The molecule has 1 aromatic heterocycles. The fourth-order valence-electron chi connectivity index (χ4n) is 4.76. The molecule has 0 amide bonds. The Hall–Kier alpha value is -1.93. The Kier molecular flexibility index (Phi) is 4.50. The highest BCUT2D eigenvalue weighted by molar-refractivity contribution is 6.91. The van der Waals surface area contributed by atoms with Crippen molar-refractivity contribution in [1.29, 1.82) is 0 Å². The van der Waals surface area contributed by atoms with Crippen LogP contribution in [0, 0.1) is 20.8 Å². The number of fused-ring (bicyclic) bond motifs is 1. The molecule has 0 atom stereocenters. The SMILES string of the molecule is Cc1cc(C)c(C)c(-c2c3ccc([Si](C)(C)C4CCC4)cc3cc[n+]2C)c1. The molecule has 1 aliphatic carbocycles. The number of pyridine rings is 1. The lowest BCUT2D eigenvalue weighted by Crippen LogP contribution is -2.48. The van der Waals surface area contributed by atoms with Crippen molar-refractivity contribution in [2.45, 2.75) is 58.7 Å². The van der Waals surface area contributed by atoms with Crippen LogP contribution in [0.25, 0.3) is 22.0 Å². The summed E-state index contributed by atoms with van der Waals surface area (Å²) in [6, 6.07) is 14.3. The van der Waals surface area contributed by atoms with Crippen molar-refractivity contribution in [3.05, 3.63) is 59.3 Å². The summed E-state index contributed by atoms with van der Waals surface area (Å²) < 4.78 is 2.29. The Labute approximate surface area is 165 Å². The van der Waals surface area contributed by atoms with Crippen LogP contribution in [0.4, 0.5) is 0 Å². The van der Waals surface area contributed by atoms with E-state index in [0.29, 0.717) is 0 Å². The monoisotopic (exact) mass is 374 g/mol. The van der Waals surface area contributed by atoms with Gasteiger partial charge in [0.05, 0.1) is 19.0 Å². The minimum Gasteiger partial charge on any atom is -0.200 e. The van der Waals surface area contributed by atoms with E-state index in [1.54, 1.807) is 5.19 Å². The molecule has 0 unspecified atom stereocenters. The first-order chi connectivity index (χ1) is 12.8. The van der Waals surface area contributed by atoms with Gasteiger partial charge in [-0.1, -0.05) is 61.3 Å². The lowest BCUT2D eigenvalue weighted by molar-refractivity contribution is -0.659. The van der Waals surface area contributed by atoms with Gasteiger partial charge in [-0.2, -0.15) is 0 Å². The molecule has 0 N–H and O–H groups in total. The minimum atomic E-state index is -1.36. The average Bonchev–Trinajstić information content (AvgIpc) is 2.56. The van der Waals surface area contributed by atoms with Crippen LogP contribution in [0.5, 0.6) is 0 Å². The van der Waals surface area contributed by atoms with Gasteiger partial charge >= 0.3 is 0 Å². The van der Waals surface area contributed by atoms with Crippen molar-refractivity contribution in [3.63, 3.8) is 0 Å². The number of nitrogens with zero attached hydrogens (tertiary/aromatic N) is 1. The molecule has 2 aromatic carbocycles. The lowest BCUT2D eigenvalue weighted by Gasteiger charge is -2.39. The highest BCUT2D eigenvalue weighted by atomic mass is 28.3. The second-order valence-corrected chi connectivity index (χ2v) is 14.0. The number of rotatable bonds is 3. The molecule has 140 valence electrons. The van der Waals surface area contributed by atoms with Gasteiger partial charge in [-0.05, 0) is 55.0 Å². The Morgan fingerprint density at radius 1 is 0.963 bits per heavy atom. The maximum Gasteiger partial charge on any atom is 0.220 e. The quantitative estimate of drug-likeness (QED) is 0.407. The summed E-state index contributed by atoms with van der Waals surface area (Å²) in [6.07, 6.45) is 6.54. The third-order valence-corrected chi connectivity index (χ3v) is 11.5. The Balaban J connectivity index is 1.91. The van der Waals surface area contributed by atoms with Gasteiger partial charge in [0.2, 0.25) is 5.69 Å². The normalized spacial score (nSPS) is 15.2. The molecule has 1 heterocycles. The highest BCUT2D eigenvalue weighted by Gasteiger charge is 2.37. The van der Waals surface area contributed by atoms with Gasteiger partial charge in [0.25, 0.3) is 0 Å². The topological polar surface area (TPSA) is 3.88 Å². The first-order valence-electron chi connectivity index (χ1n) is 10.3. The van der Waals surface area contributed by atoms with E-state index < -0.39 is 8.07 Å². The number of aryl methyl sites for hydroxylation is 3. The van der Waals surface area contributed by atoms with Gasteiger partial charge in [-0.25, -0.2) is 4.57 Å². The predicted octanol–water partition coefficient (Wildman–Crippen LogP) is 5.73. The van der Waals surface area contributed by atoms with Crippen LogP contribution >= 0.6 is 0 Å². The standard InChI is InChI=1S/C25H32NSi/c1-17-14-18(2)19(3)24(15-17)25-23-11-10-22(16-20(23)12-13-26(25)4)27(5,6)21-8-7-9-21/h10-16,21H,7-9H2,1-6H3/q+1. The molecule has 1 nitrogen and oxygen atoms in total. The second-order valence-electron chi connectivity index (χ2n) is 9.18. The van der Waals surface area contributed by atoms with Crippen molar-refractivity contribution < 1.29 is 4.57 Å². The second kappa shape index (κ2) is 6.59. The zero-order valence-corrected chi connectivity index (χ0v) is 18.7. The molecule has 27 heavy (non-hydrogen) atoms. The summed E-state index contributed by atoms with van der Waals surface area (Å²) in [5, 5.41) is 4.38. The van der Waals surface area contributed by atoms with Gasteiger partial charge in [0, 0.05) is 6.07 Å². The summed E-state index contributed by atoms with van der Waals surface area (Å²) in [7, 11) is 0.814. The molecule has 0 saturated heterocycles. The van der Waals surface area contributed by atoms with E-state index in [2.05, 4.69) is 88.1 Å². The summed E-state index contributed by atoms with van der Waals surface area (Å²) in [5.74, 6) is 0. The van der Waals surface area contributed by atoms with E-state index >= 15 is 0 Å². The van der Waals surface area contributed by atoms with Crippen LogP contribution in [0.15, 0.2) is 42.6 Å². The van der Waals surface area contributed by atoms with Crippen LogP contribution in [-0.2, 0) is 7.05 Å². The third kappa shape index (κ3) is 3.04. The molecule has 1 fully saturated rings. The molecule has 3 aromatic rings. The molecule has 0 bridgehead atoms. The zero-order chi connectivity index (χ0) is 19.3. The summed E-state index contributed by atoms with van der Waals surface area (Å²) in [4.78, 5) is 0. The lowest BCUT2D eigenvalue weighted by atomic mass is 9.94. The Morgan fingerprint density at radius 3 is 2.37 bits per heavy atom. The molecule has 4 rings (SSSR count). The van der Waals surface area contributed by atoms with E-state index in [1.807, 2.05) is 0 Å². The van der Waals surface area contributed by atoms with Crippen LogP contribution < -0.4 is 9.75 Å². The maximum absolute atomic E-state index is 2.57. The highest BCUT2D eigenvalue weighted by Crippen LogP contribution is 2.41. The minimum absolute atomic E-state index is 0.968. The van der Waals surface area contributed by atoms with Gasteiger partial charge < -0.3 is 0 Å². The van der Waals surface area contributed by atoms with E-state index in [4.69, 9.17) is 0 Å². The maximum atomic E-state index is 2.57. The van der Waals surface area contributed by atoms with Crippen molar-refractivity contribution in [2.75, 3.05) is 0 Å². The van der Waals surface area contributed by atoms with E-state index in [-0.39, 0.29) is 0 Å². The summed E-state index contributed by atoms with van der Waals surface area (Å²) >= 11 is 0.